The van der Waals surface area contributed by atoms with Crippen LogP contribution in [0.25, 0.3) is 0 Å². The number of sulfonamides is 1. The predicted molar refractivity (Wildman–Crippen MR) is 79.9 cm³/mol. The van der Waals surface area contributed by atoms with Crippen LogP contribution in [0.5, 0.6) is 0 Å². The summed E-state index contributed by atoms with van der Waals surface area (Å²) in [4.78, 5) is 7.78. The summed E-state index contributed by atoms with van der Waals surface area (Å²) in [6.45, 7) is 1.81. The molecule has 0 aromatic carbocycles. The van der Waals surface area contributed by atoms with Gasteiger partial charge in [-0.15, -0.1) is 0 Å². The van der Waals surface area contributed by atoms with Crippen molar-refractivity contribution in [2.45, 2.75) is 11.8 Å². The van der Waals surface area contributed by atoms with Crippen LogP contribution in [0, 0.1) is 6.92 Å². The number of aryl methyl sites for hydroxylation is 1. The number of hydrogen-bond acceptors (Lipinski definition) is 5. The molecule has 0 aliphatic carbocycles. The monoisotopic (exact) mass is 308 g/mol. The van der Waals surface area contributed by atoms with Crippen molar-refractivity contribution in [3.63, 3.8) is 0 Å². The normalized spacial score (nSPS) is 11.1. The van der Waals surface area contributed by atoms with Gasteiger partial charge in [-0.3, -0.25) is 14.7 Å². The molecule has 0 aliphatic rings. The zero-order chi connectivity index (χ0) is 14.8. The van der Waals surface area contributed by atoms with Crippen molar-refractivity contribution < 1.29 is 8.42 Å². The number of nitrogens with zero attached hydrogens (tertiary/aromatic N) is 2. The van der Waals surface area contributed by atoms with Gasteiger partial charge >= 0.3 is 0 Å². The fourth-order valence-corrected chi connectivity index (χ4v) is 2.97. The van der Waals surface area contributed by atoms with E-state index in [9.17, 15) is 8.42 Å². The molecule has 0 amide bonds. The SMILES string of the molecule is Cc1ccc(NS(=O)(=O)c2cccnc2C(N)=S)cn1. The van der Waals surface area contributed by atoms with Gasteiger partial charge in [-0.05, 0) is 31.2 Å². The second kappa shape index (κ2) is 5.51. The summed E-state index contributed by atoms with van der Waals surface area (Å²) in [6, 6.07) is 6.22. The number of nitrogens with one attached hydrogen (secondary N) is 1. The summed E-state index contributed by atoms with van der Waals surface area (Å²) in [7, 11) is -3.82. The molecule has 0 unspecified atom stereocenters. The van der Waals surface area contributed by atoms with E-state index < -0.39 is 10.0 Å². The molecule has 0 aliphatic heterocycles. The quantitative estimate of drug-likeness (QED) is 0.824. The third-order valence-electron chi connectivity index (χ3n) is 2.46. The average Bonchev–Trinajstić information content (AvgIpc) is 2.41. The lowest BCUT2D eigenvalue weighted by molar-refractivity contribution is 0.600. The molecule has 20 heavy (non-hydrogen) atoms. The van der Waals surface area contributed by atoms with Crippen LogP contribution in [-0.4, -0.2) is 23.4 Å². The zero-order valence-corrected chi connectivity index (χ0v) is 12.2. The standard InChI is InChI=1S/C12H12N4O2S2/c1-8-4-5-9(7-15-8)16-20(17,18)10-3-2-6-14-11(10)12(13)19/h2-7,16H,1H3,(H2,13,19). The molecule has 6 nitrogen and oxygen atoms in total. The molecule has 0 saturated heterocycles. The van der Waals surface area contributed by atoms with Gasteiger partial charge in [0.05, 0.1) is 11.9 Å². The minimum atomic E-state index is -3.82. The molecule has 0 spiro atoms. The molecule has 0 atom stereocenters. The first-order chi connectivity index (χ1) is 9.40. The van der Waals surface area contributed by atoms with E-state index >= 15 is 0 Å². The number of hydrogen-bond donors (Lipinski definition) is 2. The van der Waals surface area contributed by atoms with Gasteiger partial charge in [-0.25, -0.2) is 8.42 Å². The van der Waals surface area contributed by atoms with Crippen LogP contribution in [0.2, 0.25) is 0 Å². The average molecular weight is 308 g/mol. The predicted octanol–water partition coefficient (Wildman–Crippen LogP) is 1.22. The first kappa shape index (κ1) is 14.4. The topological polar surface area (TPSA) is 98.0 Å². The minimum absolute atomic E-state index is 0.0620. The third-order valence-corrected chi connectivity index (χ3v) is 4.06. The number of anilines is 1. The summed E-state index contributed by atoms with van der Waals surface area (Å²) < 4.78 is 27.0. The van der Waals surface area contributed by atoms with Crippen molar-refractivity contribution >= 4 is 32.9 Å². The van der Waals surface area contributed by atoms with E-state index in [1.54, 1.807) is 12.1 Å². The Morgan fingerprint density at radius 1 is 1.30 bits per heavy atom. The second-order valence-corrected chi connectivity index (χ2v) is 6.10. The maximum absolute atomic E-state index is 12.3. The molecular weight excluding hydrogens is 296 g/mol. The summed E-state index contributed by atoms with van der Waals surface area (Å²) >= 11 is 4.81. The molecule has 2 aromatic rings. The Balaban J connectivity index is 2.41. The lowest BCUT2D eigenvalue weighted by atomic mass is 10.3. The second-order valence-electron chi connectivity index (χ2n) is 4.01. The van der Waals surface area contributed by atoms with E-state index in [0.717, 1.165) is 5.69 Å². The Hall–Kier alpha value is -2.06. The Morgan fingerprint density at radius 2 is 2.05 bits per heavy atom. The number of aromatic nitrogens is 2. The van der Waals surface area contributed by atoms with Crippen molar-refractivity contribution in [3.8, 4) is 0 Å². The molecule has 2 aromatic heterocycles. The van der Waals surface area contributed by atoms with Gasteiger partial charge in [0.2, 0.25) is 0 Å². The number of nitrogens with two attached hydrogens (primary N) is 1. The number of thiocarbonyl (C=S) groups is 1. The highest BCUT2D eigenvalue weighted by molar-refractivity contribution is 7.93. The Kier molecular flexibility index (Phi) is 3.96. The lowest BCUT2D eigenvalue weighted by Crippen LogP contribution is -2.21. The van der Waals surface area contributed by atoms with E-state index in [0.29, 0.717) is 5.69 Å². The largest absolute Gasteiger partial charge is 0.388 e. The highest BCUT2D eigenvalue weighted by Gasteiger charge is 2.20. The maximum atomic E-state index is 12.3. The van der Waals surface area contributed by atoms with Crippen LogP contribution in [-0.2, 0) is 10.0 Å². The minimum Gasteiger partial charge on any atom is -0.388 e. The van der Waals surface area contributed by atoms with Gasteiger partial charge in [-0.2, -0.15) is 0 Å². The van der Waals surface area contributed by atoms with Crippen LogP contribution >= 0.6 is 12.2 Å². The van der Waals surface area contributed by atoms with E-state index in [-0.39, 0.29) is 15.6 Å². The molecule has 3 N–H and O–H groups in total. The van der Waals surface area contributed by atoms with Crippen LogP contribution in [0.4, 0.5) is 5.69 Å². The van der Waals surface area contributed by atoms with E-state index in [2.05, 4.69) is 14.7 Å². The van der Waals surface area contributed by atoms with Crippen LogP contribution in [0.15, 0.2) is 41.6 Å². The Morgan fingerprint density at radius 3 is 2.65 bits per heavy atom. The van der Waals surface area contributed by atoms with E-state index in [1.165, 1.54) is 24.5 Å². The van der Waals surface area contributed by atoms with Crippen LogP contribution in [0.3, 0.4) is 0 Å². The van der Waals surface area contributed by atoms with Gasteiger partial charge in [0.25, 0.3) is 10.0 Å². The smallest absolute Gasteiger partial charge is 0.264 e. The third kappa shape index (κ3) is 3.09. The van der Waals surface area contributed by atoms with Crippen LogP contribution < -0.4 is 10.5 Å². The number of pyridine rings is 2. The van der Waals surface area contributed by atoms with Crippen molar-refractivity contribution in [2.24, 2.45) is 5.73 Å². The fourth-order valence-electron chi connectivity index (χ4n) is 1.53. The Labute approximate surface area is 122 Å². The molecule has 2 rings (SSSR count). The molecule has 0 bridgehead atoms. The zero-order valence-electron chi connectivity index (χ0n) is 10.6. The first-order valence-corrected chi connectivity index (χ1v) is 7.49. The molecule has 0 saturated carbocycles. The van der Waals surface area contributed by atoms with E-state index in [1.807, 2.05) is 6.92 Å². The Bertz CT molecular complexity index is 742. The van der Waals surface area contributed by atoms with Gasteiger partial charge < -0.3 is 5.73 Å². The van der Waals surface area contributed by atoms with Crippen molar-refractivity contribution in [2.75, 3.05) is 4.72 Å². The van der Waals surface area contributed by atoms with Crippen molar-refractivity contribution in [1.29, 1.82) is 0 Å². The first-order valence-electron chi connectivity index (χ1n) is 5.60. The van der Waals surface area contributed by atoms with Crippen molar-refractivity contribution in [3.05, 3.63) is 48.0 Å². The molecule has 0 radical (unpaired) electrons. The highest BCUT2D eigenvalue weighted by atomic mass is 32.2. The summed E-state index contributed by atoms with van der Waals surface area (Å²) in [5, 5.41) is 0. The van der Waals surface area contributed by atoms with Crippen molar-refractivity contribution in [1.82, 2.24) is 9.97 Å². The highest BCUT2D eigenvalue weighted by Crippen LogP contribution is 2.17. The number of rotatable bonds is 4. The maximum Gasteiger partial charge on any atom is 0.264 e. The van der Waals surface area contributed by atoms with Gasteiger partial charge in [0, 0.05) is 11.9 Å². The van der Waals surface area contributed by atoms with Gasteiger partial charge in [0.1, 0.15) is 15.6 Å². The van der Waals surface area contributed by atoms with Gasteiger partial charge in [-0.1, -0.05) is 12.2 Å². The molecule has 2 heterocycles. The summed E-state index contributed by atoms with van der Waals surface area (Å²) in [6.07, 6.45) is 2.87. The molecular formula is C12H12N4O2S2. The van der Waals surface area contributed by atoms with Crippen LogP contribution in [0.1, 0.15) is 11.4 Å². The summed E-state index contributed by atoms with van der Waals surface area (Å²) in [5.41, 5.74) is 6.70. The molecule has 0 fully saturated rings. The fraction of sp³-hybridized carbons (Fsp3) is 0.0833. The lowest BCUT2D eigenvalue weighted by Gasteiger charge is -2.10. The van der Waals surface area contributed by atoms with Gasteiger partial charge in [0.15, 0.2) is 0 Å². The van der Waals surface area contributed by atoms with E-state index in [4.69, 9.17) is 18.0 Å². The summed E-state index contributed by atoms with van der Waals surface area (Å²) in [5.74, 6) is 0. The molecule has 104 valence electrons. The molecule has 8 heteroatoms.